The van der Waals surface area contributed by atoms with E-state index >= 15 is 0 Å². The summed E-state index contributed by atoms with van der Waals surface area (Å²) in [7, 11) is 0. The second-order valence-electron chi connectivity index (χ2n) is 6.43. The van der Waals surface area contributed by atoms with E-state index in [4.69, 9.17) is 70.9 Å². The van der Waals surface area contributed by atoms with Gasteiger partial charge in [-0.15, -0.1) is 10.1 Å². The van der Waals surface area contributed by atoms with Crippen LogP contribution >= 0.6 is 46.4 Å². The Kier molecular flexibility index (Phi) is 8.22. The molecule has 0 bridgehead atoms. The van der Waals surface area contributed by atoms with Crippen LogP contribution in [0.3, 0.4) is 0 Å². The molecule has 1 N–H and O–H groups in total. The average molecular weight is 519 g/mol. The fraction of sp³-hybridized carbons (Fsp3) is 0.150. The maximum absolute atomic E-state index is 8.36. The molecule has 2 heterocycles. The molecule has 32 heavy (non-hydrogen) atoms. The molecule has 0 saturated carbocycles. The first kappa shape index (κ1) is 24.2. The van der Waals surface area contributed by atoms with Crippen LogP contribution in [0, 0.1) is 10.1 Å². The fourth-order valence-electron chi connectivity index (χ4n) is 2.99. The molecule has 4 aromatic rings. The molecule has 2 aromatic carbocycles. The summed E-state index contributed by atoms with van der Waals surface area (Å²) in [5.41, 5.74) is 1.80. The average Bonchev–Trinajstić information content (AvgIpc) is 3.39. The lowest BCUT2D eigenvalue weighted by Crippen LogP contribution is -2.15. The van der Waals surface area contributed by atoms with E-state index in [9.17, 15) is 0 Å². The van der Waals surface area contributed by atoms with Crippen molar-refractivity contribution in [2.24, 2.45) is 0 Å². The van der Waals surface area contributed by atoms with Crippen molar-refractivity contribution in [3.8, 4) is 0 Å². The fourth-order valence-corrected chi connectivity index (χ4v) is 4.05. The Morgan fingerprint density at radius 1 is 1.19 bits per heavy atom. The molecule has 0 aliphatic rings. The van der Waals surface area contributed by atoms with Gasteiger partial charge in [0.1, 0.15) is 17.2 Å². The van der Waals surface area contributed by atoms with Gasteiger partial charge in [-0.1, -0.05) is 58.5 Å². The summed E-state index contributed by atoms with van der Waals surface area (Å²) in [6.45, 7) is 0.250. The summed E-state index contributed by atoms with van der Waals surface area (Å²) in [5.74, 6) is 0. The number of fused-ring (bicyclic) bond motifs is 1. The maximum atomic E-state index is 8.36. The number of furan rings is 1. The zero-order chi connectivity index (χ0) is 23.3. The second kappa shape index (κ2) is 10.9. The Hall–Kier alpha value is -2.49. The van der Waals surface area contributed by atoms with Crippen molar-refractivity contribution in [3.63, 3.8) is 0 Å². The van der Waals surface area contributed by atoms with Gasteiger partial charge in [0, 0.05) is 39.5 Å². The highest BCUT2D eigenvalue weighted by Crippen LogP contribution is 2.37. The van der Waals surface area contributed by atoms with E-state index in [-0.39, 0.29) is 6.61 Å². The van der Waals surface area contributed by atoms with Crippen molar-refractivity contribution < 1.29 is 19.4 Å². The van der Waals surface area contributed by atoms with Gasteiger partial charge in [-0.05, 0) is 23.8 Å². The maximum Gasteiger partial charge on any atom is 0.291 e. The molecular formula is C20H15Cl4N3O5. The Balaban J connectivity index is 0.000000668. The molecule has 8 nitrogen and oxygen atoms in total. The molecule has 0 spiro atoms. The predicted molar refractivity (Wildman–Crippen MR) is 121 cm³/mol. The van der Waals surface area contributed by atoms with Crippen LogP contribution in [-0.4, -0.2) is 19.8 Å². The number of benzene rings is 2. The first-order valence-corrected chi connectivity index (χ1v) is 10.5. The third-order valence-electron chi connectivity index (χ3n) is 4.34. The van der Waals surface area contributed by atoms with Crippen molar-refractivity contribution in [3.05, 3.63) is 97.7 Å². The number of alkyl halides is 1. The second-order valence-corrected chi connectivity index (χ2v) is 8.15. The molecule has 4 rings (SSSR count). The lowest BCUT2D eigenvalue weighted by molar-refractivity contribution is -0.742. The van der Waals surface area contributed by atoms with E-state index in [1.54, 1.807) is 53.8 Å². The topological polar surface area (TPSA) is 104 Å². The summed E-state index contributed by atoms with van der Waals surface area (Å²) in [5, 5.41) is 16.1. The van der Waals surface area contributed by atoms with Gasteiger partial charge in [0.25, 0.3) is 5.09 Å². The highest BCUT2D eigenvalue weighted by Gasteiger charge is 2.24. The Labute approximate surface area is 201 Å². The molecule has 0 aliphatic heterocycles. The van der Waals surface area contributed by atoms with Crippen molar-refractivity contribution in [1.82, 2.24) is 9.55 Å². The summed E-state index contributed by atoms with van der Waals surface area (Å²) in [4.78, 5) is 12.4. The lowest BCUT2D eigenvalue weighted by atomic mass is 10.1. The molecule has 0 amide bonds. The van der Waals surface area contributed by atoms with Gasteiger partial charge < -0.3 is 18.9 Å². The van der Waals surface area contributed by atoms with Crippen molar-refractivity contribution in [1.29, 1.82) is 0 Å². The molecule has 0 saturated heterocycles. The minimum atomic E-state index is -1.50. The van der Waals surface area contributed by atoms with E-state index in [0.29, 0.717) is 20.7 Å². The Morgan fingerprint density at radius 3 is 2.50 bits per heavy atom. The van der Waals surface area contributed by atoms with Crippen molar-refractivity contribution in [2.45, 2.75) is 18.2 Å². The number of hydrogen-bond acceptors (Lipinski definition) is 5. The van der Waals surface area contributed by atoms with Crippen molar-refractivity contribution in [2.75, 3.05) is 0 Å². The number of aromatic nitrogens is 2. The molecular weight excluding hydrogens is 504 g/mol. The molecule has 12 heteroatoms. The number of rotatable bonds is 6. The van der Waals surface area contributed by atoms with Gasteiger partial charge in [-0.25, -0.2) is 4.98 Å². The molecule has 0 aliphatic carbocycles. The van der Waals surface area contributed by atoms with Crippen LogP contribution in [0.25, 0.3) is 11.0 Å². The smallest absolute Gasteiger partial charge is 0.291 e. The SMILES string of the molecule is Clc1ccc(C(OCc2coc3cc(Cl)cc(Cl)c23)C(Cl)n2ccnc2)cc1.O=[N+]([O-])O. The largest absolute Gasteiger partial charge is 0.464 e. The van der Waals surface area contributed by atoms with Gasteiger partial charge in [-0.3, -0.25) is 0 Å². The van der Waals surface area contributed by atoms with Crippen LogP contribution in [0.15, 0.2) is 65.8 Å². The summed E-state index contributed by atoms with van der Waals surface area (Å²) < 4.78 is 13.6. The molecule has 2 unspecified atom stereocenters. The monoisotopic (exact) mass is 517 g/mol. The summed E-state index contributed by atoms with van der Waals surface area (Å²) in [6, 6.07) is 10.8. The van der Waals surface area contributed by atoms with Crippen LogP contribution in [-0.2, 0) is 11.3 Å². The van der Waals surface area contributed by atoms with Crippen LogP contribution in [0.4, 0.5) is 0 Å². The first-order chi connectivity index (χ1) is 15.3. The number of ether oxygens (including phenoxy) is 1. The molecule has 168 valence electrons. The number of halogens is 4. The van der Waals surface area contributed by atoms with Gasteiger partial charge in [-0.2, -0.15) is 0 Å². The van der Waals surface area contributed by atoms with Crippen LogP contribution in [0.2, 0.25) is 15.1 Å². The van der Waals surface area contributed by atoms with E-state index in [1.165, 1.54) is 0 Å². The highest BCUT2D eigenvalue weighted by molar-refractivity contribution is 6.38. The van der Waals surface area contributed by atoms with Crippen LogP contribution in [0.5, 0.6) is 0 Å². The van der Waals surface area contributed by atoms with Crippen LogP contribution in [0.1, 0.15) is 22.7 Å². The summed E-state index contributed by atoms with van der Waals surface area (Å²) >= 11 is 25.1. The van der Waals surface area contributed by atoms with Crippen LogP contribution < -0.4 is 0 Å². The van der Waals surface area contributed by atoms with E-state index in [2.05, 4.69) is 4.98 Å². The third-order valence-corrected chi connectivity index (χ3v) is 5.57. The van der Waals surface area contributed by atoms with Gasteiger partial charge in [0.05, 0.1) is 24.2 Å². The van der Waals surface area contributed by atoms with E-state index in [0.717, 1.165) is 16.5 Å². The third kappa shape index (κ3) is 6.05. The molecule has 2 aromatic heterocycles. The normalized spacial score (nSPS) is 12.8. The zero-order valence-corrected chi connectivity index (χ0v) is 19.1. The van der Waals surface area contributed by atoms with E-state index < -0.39 is 16.7 Å². The van der Waals surface area contributed by atoms with Gasteiger partial charge >= 0.3 is 0 Å². The minimum Gasteiger partial charge on any atom is -0.464 e. The first-order valence-electron chi connectivity index (χ1n) is 8.93. The quantitative estimate of drug-likeness (QED) is 0.168. The highest BCUT2D eigenvalue weighted by atomic mass is 35.5. The van der Waals surface area contributed by atoms with E-state index in [1.807, 2.05) is 12.1 Å². The summed E-state index contributed by atoms with van der Waals surface area (Å²) in [6.07, 6.45) is 6.27. The lowest BCUT2D eigenvalue weighted by Gasteiger charge is -2.24. The van der Waals surface area contributed by atoms with Gasteiger partial charge in [0.2, 0.25) is 0 Å². The minimum absolute atomic E-state index is 0.250. The van der Waals surface area contributed by atoms with Crippen molar-refractivity contribution >= 4 is 57.4 Å². The zero-order valence-electron chi connectivity index (χ0n) is 16.1. The molecule has 0 radical (unpaired) electrons. The number of hydrogen-bond donors (Lipinski definition) is 1. The number of nitrogens with zero attached hydrogens (tertiary/aromatic N) is 3. The van der Waals surface area contributed by atoms with Gasteiger partial charge in [0.15, 0.2) is 0 Å². The molecule has 0 fully saturated rings. The standard InChI is InChI=1S/C20H14Cl4N2O2.HNO3/c21-14-3-1-12(2-4-14)19(20(24)26-6-5-25-11-26)28-10-13-9-27-17-8-15(22)7-16(23)18(13)17;2-1(3)4/h1-9,11,19-20H,10H2;(H,2,3,4). The predicted octanol–water partition coefficient (Wildman–Crippen LogP) is 6.94. The Bertz CT molecular complexity index is 1180. The Morgan fingerprint density at radius 2 is 1.88 bits per heavy atom. The number of imidazole rings is 1. The molecule has 2 atom stereocenters.